The zero-order chi connectivity index (χ0) is 66.6. The molecule has 0 saturated carbocycles. The van der Waals surface area contributed by atoms with Crippen LogP contribution in [0.25, 0.3) is 0 Å². The van der Waals surface area contributed by atoms with Crippen molar-refractivity contribution < 1.29 is 0 Å². The fraction of sp³-hybridized carbons (Fsp3) is 1.00. The monoisotopic (exact) mass is 1140 g/mol. The van der Waals surface area contributed by atoms with E-state index in [1.54, 1.807) is 0 Å². The van der Waals surface area contributed by atoms with Gasteiger partial charge in [-0.1, -0.05) is 525 Å². The Kier molecular flexibility index (Phi) is 883. The Hall–Kier alpha value is 0. The molecule has 0 amide bonds. The van der Waals surface area contributed by atoms with Crippen molar-refractivity contribution in [3.8, 4) is 0 Å². The lowest BCUT2D eigenvalue weighted by molar-refractivity contribution is 0.772. The summed E-state index contributed by atoms with van der Waals surface area (Å²) >= 11 is 0. The van der Waals surface area contributed by atoms with Gasteiger partial charge in [0.25, 0.3) is 0 Å². The Bertz CT molecular complexity index is 216. The van der Waals surface area contributed by atoms with Gasteiger partial charge < -0.3 is 0 Å². The maximum atomic E-state index is 2.21. The lowest BCUT2D eigenvalue weighted by atomic mass is 10.3. The molecule has 0 aromatic heterocycles. The van der Waals surface area contributed by atoms with Gasteiger partial charge >= 0.3 is 0 Å². The molecule has 0 aromatic rings. The quantitative estimate of drug-likeness (QED) is 0.144. The highest BCUT2D eigenvalue weighted by Gasteiger charge is 1.70. The maximum Gasteiger partial charge on any atom is -0.0538 e. The van der Waals surface area contributed by atoms with E-state index >= 15 is 0 Å². The van der Waals surface area contributed by atoms with E-state index in [-0.39, 0.29) is 14.9 Å². The average Bonchev–Trinajstić information content (AvgIpc) is 3.48. The minimum absolute atomic E-state index is 0. The first-order valence-electron chi connectivity index (χ1n) is 36.6. The Labute approximate surface area is 522 Å². The molecule has 0 aliphatic rings. The molecule has 0 heteroatoms. The number of unbranched alkanes of at least 4 members (excludes halogenated alkanes) is 16. The third-order valence-corrected chi connectivity index (χ3v) is 6.83. The van der Waals surface area contributed by atoms with Crippen molar-refractivity contribution in [2.45, 2.75) is 525 Å². The van der Waals surface area contributed by atoms with Gasteiger partial charge in [0.1, 0.15) is 0 Å². The van der Waals surface area contributed by atoms with E-state index in [2.05, 4.69) is 222 Å². The van der Waals surface area contributed by atoms with Gasteiger partial charge in [-0.2, -0.15) is 0 Å². The van der Waals surface area contributed by atoms with Crippen molar-refractivity contribution in [3.63, 3.8) is 0 Å². The highest BCUT2D eigenvalue weighted by molar-refractivity contribution is 4.26. The van der Waals surface area contributed by atoms with E-state index < -0.39 is 0 Å². The van der Waals surface area contributed by atoms with Crippen molar-refractivity contribution in [3.05, 3.63) is 0 Å². The molecule has 516 valence electrons. The largest absolute Gasteiger partial charge is 0.0776 e. The minimum Gasteiger partial charge on any atom is -0.0776 e. The summed E-state index contributed by atoms with van der Waals surface area (Å²) < 4.78 is 0. The van der Waals surface area contributed by atoms with Crippen molar-refractivity contribution >= 4 is 0 Å². The molecule has 78 heavy (non-hydrogen) atoms. The molecule has 0 nitrogen and oxygen atoms in total. The number of hydrogen-bond donors (Lipinski definition) is 0. The van der Waals surface area contributed by atoms with Gasteiger partial charge in [0.2, 0.25) is 0 Å². The zero-order valence-corrected chi connectivity index (χ0v) is 66.6. The van der Waals surface area contributed by atoms with Gasteiger partial charge in [-0.15, -0.1) is 0 Å². The first-order chi connectivity index (χ1) is 36.6. The van der Waals surface area contributed by atoms with Crippen LogP contribution in [0.2, 0.25) is 0 Å². The molecule has 0 bridgehead atoms. The Balaban J connectivity index is -0.0000000179. The van der Waals surface area contributed by atoms with Crippen molar-refractivity contribution in [2.24, 2.45) is 0 Å². The van der Waals surface area contributed by atoms with Crippen LogP contribution in [-0.4, -0.2) is 0 Å². The molecule has 0 spiro atoms. The van der Waals surface area contributed by atoms with E-state index in [4.69, 9.17) is 0 Å². The maximum absolute atomic E-state index is 2.21. The molecule has 0 N–H and O–H groups in total. The normalized spacial score (nSPS) is 6.62. The summed E-state index contributed by atoms with van der Waals surface area (Å²) in [6.07, 6.45) is 42.4. The van der Waals surface area contributed by atoms with Crippen molar-refractivity contribution in [1.82, 2.24) is 0 Å². The molecule has 0 fully saturated rings. The van der Waals surface area contributed by atoms with Crippen LogP contribution in [-0.2, 0) is 0 Å². The van der Waals surface area contributed by atoms with Crippen LogP contribution in [0.1, 0.15) is 525 Å². The van der Waals surface area contributed by atoms with Gasteiger partial charge in [0.05, 0.1) is 0 Å². The third kappa shape index (κ3) is 1670. The fourth-order valence-corrected chi connectivity index (χ4v) is 1.41. The van der Waals surface area contributed by atoms with E-state index in [1.807, 2.05) is 83.1 Å². The first-order valence-corrected chi connectivity index (χ1v) is 36.6. The van der Waals surface area contributed by atoms with Gasteiger partial charge in [-0.05, 0) is 0 Å². The van der Waals surface area contributed by atoms with Gasteiger partial charge in [-0.3, -0.25) is 0 Å². The van der Waals surface area contributed by atoms with Gasteiger partial charge in [0, 0.05) is 0 Å². The standard InChI is InChI=1S/4C5H12.8C4H10.4C3H8.6C2H6.2CH4/c4*1-3-5-4-2;8*1-3-4-2;4*1-3-2;6*1-2;;/h4*3-5H2,1-2H3;8*3-4H2,1-2H3;4*3H2,1-2H3;6*1-2H3;2*1H4. The molecule has 0 rings (SSSR count). The predicted octanol–water partition coefficient (Wildman–Crippen LogP) is 36.3. The lowest BCUT2D eigenvalue weighted by Gasteiger charge is -1.79. The molecule has 0 radical (unpaired) electrons. The second kappa shape index (κ2) is 434. The molecule has 0 aliphatic carbocycles. The smallest absolute Gasteiger partial charge is 0.0538 e. The first kappa shape index (κ1) is 159. The molecular weight excluding hydrogens is 937 g/mol. The summed E-state index contributed by atoms with van der Waals surface area (Å²) in [7, 11) is 0. The van der Waals surface area contributed by atoms with E-state index in [1.165, 1.54) is 205 Å². The Morgan fingerprint density at radius 1 is 0.103 bits per heavy atom. The topological polar surface area (TPSA) is 0 Å². The molecule has 0 saturated heterocycles. The van der Waals surface area contributed by atoms with Crippen LogP contribution in [0.4, 0.5) is 0 Å². The van der Waals surface area contributed by atoms with Crippen molar-refractivity contribution in [1.29, 1.82) is 0 Å². The highest BCUT2D eigenvalue weighted by atomic mass is 13.8. The second-order valence-electron chi connectivity index (χ2n) is 16.2. The average molecular weight is 1140 g/mol. The zero-order valence-electron chi connectivity index (χ0n) is 66.6. The molecule has 0 aromatic carbocycles. The number of rotatable bonds is 16. The van der Waals surface area contributed by atoms with Crippen molar-refractivity contribution in [2.75, 3.05) is 0 Å². The van der Waals surface area contributed by atoms with Crippen LogP contribution >= 0.6 is 0 Å². The summed E-state index contributed by atoms with van der Waals surface area (Å²) in [5, 5.41) is 0. The summed E-state index contributed by atoms with van der Waals surface area (Å²) in [4.78, 5) is 0. The summed E-state index contributed by atoms with van der Waals surface area (Å²) in [6.45, 7) is 93.6. The van der Waals surface area contributed by atoms with E-state index in [0.29, 0.717) is 0 Å². The highest BCUT2D eigenvalue weighted by Crippen LogP contribution is 1.90. The minimum atomic E-state index is 0. The Morgan fingerprint density at radius 3 is 0.141 bits per heavy atom. The van der Waals surface area contributed by atoms with Crippen LogP contribution in [0.3, 0.4) is 0 Å². The molecular formula is C78H204. The predicted molar refractivity (Wildman–Crippen MR) is 411 cm³/mol. The lowest BCUT2D eigenvalue weighted by Crippen LogP contribution is -1.59. The van der Waals surface area contributed by atoms with Crippen LogP contribution in [0.5, 0.6) is 0 Å². The van der Waals surface area contributed by atoms with E-state index in [0.717, 1.165) is 0 Å². The number of hydrogen-bond acceptors (Lipinski definition) is 0. The van der Waals surface area contributed by atoms with Gasteiger partial charge in [-0.25, -0.2) is 0 Å². The second-order valence-corrected chi connectivity index (χ2v) is 16.2. The van der Waals surface area contributed by atoms with Crippen LogP contribution < -0.4 is 0 Å². The summed E-state index contributed by atoms with van der Waals surface area (Å²) in [5.74, 6) is 0. The fourth-order valence-electron chi connectivity index (χ4n) is 1.41. The molecule has 0 atom stereocenters. The Morgan fingerprint density at radius 2 is 0.141 bits per heavy atom. The summed E-state index contributed by atoms with van der Waals surface area (Å²) in [6, 6.07) is 0. The van der Waals surface area contributed by atoms with Gasteiger partial charge in [0.15, 0.2) is 0 Å². The third-order valence-electron chi connectivity index (χ3n) is 6.83. The van der Waals surface area contributed by atoms with Crippen LogP contribution in [0.15, 0.2) is 0 Å². The van der Waals surface area contributed by atoms with Crippen LogP contribution in [0, 0.1) is 0 Å². The molecule has 0 heterocycles. The molecule has 0 aliphatic heterocycles. The SMILES string of the molecule is C.C.CC.CC.CC.CC.CC.CC.CCC.CCC.CCC.CCC.CCCC.CCCC.CCCC.CCCC.CCCC.CCCC.CCCC.CCCC.CCCCC.CCCCC.CCCCC.CCCCC. The molecule has 0 unspecified atom stereocenters. The summed E-state index contributed by atoms with van der Waals surface area (Å²) in [5.41, 5.74) is 0. The van der Waals surface area contributed by atoms with E-state index in [9.17, 15) is 0 Å².